The molecule has 0 aliphatic carbocycles. The van der Waals surface area contributed by atoms with Crippen LogP contribution in [0.5, 0.6) is 0 Å². The van der Waals surface area contributed by atoms with Gasteiger partial charge in [-0.15, -0.1) is 0 Å². The highest BCUT2D eigenvalue weighted by Gasteiger charge is 2.35. The molecule has 0 spiro atoms. The molecule has 1 aliphatic rings. The van der Waals surface area contributed by atoms with Gasteiger partial charge < -0.3 is 20.3 Å². The van der Waals surface area contributed by atoms with E-state index in [1.807, 2.05) is 0 Å². The summed E-state index contributed by atoms with van der Waals surface area (Å²) in [6, 6.07) is 15.9. The van der Waals surface area contributed by atoms with Crippen LogP contribution in [-0.4, -0.2) is 44.9 Å². The van der Waals surface area contributed by atoms with Gasteiger partial charge in [-0.1, -0.05) is 22.0 Å². The number of nitrogens with one attached hydrogen (secondary N) is 2. The maximum Gasteiger partial charge on any atom is 0.335 e. The predicted molar refractivity (Wildman–Crippen MR) is 124 cm³/mol. The molecule has 0 bridgehead atoms. The molecular weight excluding hydrogens is 492 g/mol. The number of nitrogens with zero attached hydrogens (tertiary/aromatic N) is 2. The van der Waals surface area contributed by atoms with Gasteiger partial charge in [-0.2, -0.15) is 0 Å². The van der Waals surface area contributed by atoms with E-state index in [-0.39, 0.29) is 11.3 Å². The molecule has 10 heteroatoms. The number of rotatable bonds is 6. The quantitative estimate of drug-likeness (QED) is 0.347. The minimum atomic E-state index is -1.06. The van der Waals surface area contributed by atoms with Crippen molar-refractivity contribution in [1.29, 1.82) is 0 Å². The normalized spacial score (nSPS) is 14.5. The Morgan fingerprint density at radius 3 is 2.55 bits per heavy atom. The van der Waals surface area contributed by atoms with Crippen LogP contribution in [0.2, 0.25) is 0 Å². The van der Waals surface area contributed by atoms with E-state index in [1.165, 1.54) is 18.2 Å². The van der Waals surface area contributed by atoms with Crippen LogP contribution >= 0.6 is 15.9 Å². The van der Waals surface area contributed by atoms with E-state index >= 15 is 0 Å². The monoisotopic (exact) mass is 508 g/mol. The molecule has 0 radical (unpaired) electrons. The molecule has 0 atom stereocenters. The second-order valence-corrected chi connectivity index (χ2v) is 8.01. The van der Waals surface area contributed by atoms with Gasteiger partial charge in [0.15, 0.2) is 0 Å². The van der Waals surface area contributed by atoms with E-state index < -0.39 is 30.4 Å². The van der Waals surface area contributed by atoms with E-state index in [4.69, 9.17) is 0 Å². The van der Waals surface area contributed by atoms with Crippen molar-refractivity contribution in [3.8, 4) is 5.69 Å². The Balaban J connectivity index is 1.51. The number of hydrogen-bond donors (Lipinski definition) is 3. The number of hydrogen-bond acceptors (Lipinski definition) is 4. The molecule has 4 amide bonds. The van der Waals surface area contributed by atoms with E-state index in [0.717, 1.165) is 9.37 Å². The Labute approximate surface area is 196 Å². The van der Waals surface area contributed by atoms with Crippen LogP contribution in [0.4, 0.5) is 10.5 Å². The van der Waals surface area contributed by atoms with E-state index in [9.17, 15) is 24.3 Å². The molecule has 0 unspecified atom stereocenters. The maximum absolute atomic E-state index is 12.8. The zero-order chi connectivity index (χ0) is 23.5. The van der Waals surface area contributed by atoms with Gasteiger partial charge in [-0.3, -0.25) is 9.59 Å². The second kappa shape index (κ2) is 9.13. The lowest BCUT2D eigenvalue weighted by Crippen LogP contribution is -2.38. The fraction of sp³-hybridized carbons (Fsp3) is 0.0435. The number of aromatic nitrogens is 1. The molecule has 1 aromatic heterocycles. The summed E-state index contributed by atoms with van der Waals surface area (Å²) >= 11 is 3.31. The third-order valence-electron chi connectivity index (χ3n) is 4.84. The van der Waals surface area contributed by atoms with Crippen molar-refractivity contribution >= 4 is 51.5 Å². The molecule has 2 aromatic carbocycles. The van der Waals surface area contributed by atoms with Crippen molar-refractivity contribution in [2.45, 2.75) is 0 Å². The van der Waals surface area contributed by atoms with E-state index in [0.29, 0.717) is 17.1 Å². The predicted octanol–water partition coefficient (Wildman–Crippen LogP) is 3.47. The molecule has 1 fully saturated rings. The Hall–Kier alpha value is -4.18. The number of benzene rings is 2. The Bertz CT molecular complexity index is 1300. The zero-order valence-corrected chi connectivity index (χ0v) is 18.6. The number of halogens is 1. The van der Waals surface area contributed by atoms with Gasteiger partial charge in [0.2, 0.25) is 5.91 Å². The standard InChI is InChI=1S/C23H17BrN4O5/c24-15-6-8-16(9-7-15)25-20(29)13-28-21(30)19(26-23(28)33)12-18-5-2-10-27(18)17-4-1-3-14(11-17)22(31)32/h1-12H,13H2,(H,25,29)(H,26,33)(H,31,32)/b19-12-. The number of carbonyl (C=O) groups is 4. The number of amides is 4. The van der Waals surface area contributed by atoms with Gasteiger partial charge >= 0.3 is 12.0 Å². The number of carboxylic acids is 1. The van der Waals surface area contributed by atoms with Gasteiger partial charge in [0, 0.05) is 27.7 Å². The van der Waals surface area contributed by atoms with Crippen LogP contribution < -0.4 is 10.6 Å². The van der Waals surface area contributed by atoms with Gasteiger partial charge in [-0.05, 0) is 60.7 Å². The number of aromatic carboxylic acids is 1. The topological polar surface area (TPSA) is 121 Å². The number of carbonyl (C=O) groups excluding carboxylic acids is 3. The Kier molecular flexibility index (Phi) is 6.09. The average Bonchev–Trinajstić information content (AvgIpc) is 3.35. The van der Waals surface area contributed by atoms with Crippen molar-refractivity contribution in [3.05, 3.63) is 88.3 Å². The van der Waals surface area contributed by atoms with Gasteiger partial charge in [0.05, 0.1) is 5.56 Å². The molecule has 166 valence electrons. The number of urea groups is 1. The van der Waals surface area contributed by atoms with Crippen LogP contribution in [-0.2, 0) is 9.59 Å². The van der Waals surface area contributed by atoms with Crippen molar-refractivity contribution in [2.75, 3.05) is 11.9 Å². The van der Waals surface area contributed by atoms with Crippen LogP contribution in [0.15, 0.2) is 77.0 Å². The lowest BCUT2D eigenvalue weighted by atomic mass is 10.2. The molecule has 33 heavy (non-hydrogen) atoms. The first kappa shape index (κ1) is 22.0. The third-order valence-corrected chi connectivity index (χ3v) is 5.36. The first-order valence-corrected chi connectivity index (χ1v) is 10.5. The van der Waals surface area contributed by atoms with Crippen LogP contribution in [0.1, 0.15) is 16.1 Å². The Morgan fingerprint density at radius 1 is 1.06 bits per heavy atom. The number of imide groups is 1. The minimum absolute atomic E-state index is 0.00535. The van der Waals surface area contributed by atoms with Crippen LogP contribution in [0.3, 0.4) is 0 Å². The Morgan fingerprint density at radius 2 is 1.82 bits per heavy atom. The van der Waals surface area contributed by atoms with Crippen LogP contribution in [0.25, 0.3) is 11.8 Å². The molecule has 1 aliphatic heterocycles. The van der Waals surface area contributed by atoms with Crippen molar-refractivity contribution < 1.29 is 24.3 Å². The third kappa shape index (κ3) is 4.85. The van der Waals surface area contributed by atoms with Crippen LogP contribution in [0, 0.1) is 0 Å². The summed E-state index contributed by atoms with van der Waals surface area (Å²) in [5.41, 5.74) is 1.78. The van der Waals surface area contributed by atoms with E-state index in [2.05, 4.69) is 26.6 Å². The maximum atomic E-state index is 12.8. The summed E-state index contributed by atoms with van der Waals surface area (Å²) in [5, 5.41) is 14.3. The summed E-state index contributed by atoms with van der Waals surface area (Å²) in [6.45, 7) is -0.445. The first-order chi connectivity index (χ1) is 15.8. The van der Waals surface area contributed by atoms with Gasteiger partial charge in [-0.25, -0.2) is 14.5 Å². The van der Waals surface area contributed by atoms with E-state index in [1.54, 1.807) is 59.3 Å². The minimum Gasteiger partial charge on any atom is -0.478 e. The van der Waals surface area contributed by atoms with Crippen molar-refractivity contribution in [3.63, 3.8) is 0 Å². The summed E-state index contributed by atoms with van der Waals surface area (Å²) in [7, 11) is 0. The molecule has 4 rings (SSSR count). The summed E-state index contributed by atoms with van der Waals surface area (Å²) in [6.07, 6.45) is 3.18. The smallest absolute Gasteiger partial charge is 0.335 e. The molecule has 2 heterocycles. The zero-order valence-electron chi connectivity index (χ0n) is 17.0. The number of carboxylic acid groups (broad SMARTS) is 1. The van der Waals surface area contributed by atoms with Crippen molar-refractivity contribution in [1.82, 2.24) is 14.8 Å². The van der Waals surface area contributed by atoms with Crippen molar-refractivity contribution in [2.24, 2.45) is 0 Å². The highest BCUT2D eigenvalue weighted by molar-refractivity contribution is 9.10. The molecule has 0 saturated carbocycles. The van der Waals surface area contributed by atoms with Gasteiger partial charge in [0.1, 0.15) is 12.2 Å². The van der Waals surface area contributed by atoms with Gasteiger partial charge in [0.25, 0.3) is 5.91 Å². The first-order valence-electron chi connectivity index (χ1n) is 9.73. The average molecular weight is 509 g/mol. The molecular formula is C23H17BrN4O5. The molecule has 3 aromatic rings. The fourth-order valence-electron chi connectivity index (χ4n) is 3.28. The largest absolute Gasteiger partial charge is 0.478 e. The highest BCUT2D eigenvalue weighted by Crippen LogP contribution is 2.20. The summed E-state index contributed by atoms with van der Waals surface area (Å²) < 4.78 is 2.53. The summed E-state index contributed by atoms with van der Waals surface area (Å²) in [4.78, 5) is 49.5. The lowest BCUT2D eigenvalue weighted by Gasteiger charge is -2.12. The molecule has 1 saturated heterocycles. The fourth-order valence-corrected chi connectivity index (χ4v) is 3.54. The second-order valence-electron chi connectivity index (χ2n) is 7.09. The SMILES string of the molecule is O=C(CN1C(=O)N/C(=C\c2cccn2-c2cccc(C(=O)O)c2)C1=O)Nc1ccc(Br)cc1. The number of anilines is 1. The molecule has 9 nitrogen and oxygen atoms in total. The summed E-state index contributed by atoms with van der Waals surface area (Å²) in [5.74, 6) is -2.21. The lowest BCUT2D eigenvalue weighted by molar-refractivity contribution is -0.127. The highest BCUT2D eigenvalue weighted by atomic mass is 79.9. The molecule has 3 N–H and O–H groups in total.